The maximum absolute atomic E-state index is 10.8. The Bertz CT molecular complexity index is 3250. The third kappa shape index (κ3) is 4.22. The second-order valence-corrected chi connectivity index (χ2v) is 13.6. The third-order valence-electron chi connectivity index (χ3n) is 10.8. The quantitative estimate of drug-likeness (QED) is 0.186. The normalized spacial score (nSPS) is 11.8. The molecular formula is C49H29N3O. The highest BCUT2D eigenvalue weighted by Crippen LogP contribution is 2.43. The van der Waals surface area contributed by atoms with Gasteiger partial charge in [0.15, 0.2) is 0 Å². The lowest BCUT2D eigenvalue weighted by Gasteiger charge is -2.19. The molecule has 0 bridgehead atoms. The van der Waals surface area contributed by atoms with Gasteiger partial charge in [0, 0.05) is 49.3 Å². The van der Waals surface area contributed by atoms with E-state index >= 15 is 0 Å². The van der Waals surface area contributed by atoms with Crippen LogP contribution in [0.5, 0.6) is 0 Å². The molecule has 11 rings (SSSR count). The largest absolute Gasteiger partial charge is 0.455 e. The van der Waals surface area contributed by atoms with Crippen molar-refractivity contribution in [2.45, 2.75) is 0 Å². The van der Waals surface area contributed by atoms with Gasteiger partial charge in [-0.2, -0.15) is 5.26 Å². The minimum absolute atomic E-state index is 0.651. The SMILES string of the molecule is N#Cc1c(-c2ccccc2)cccc1-c1ccc(-n2c3ccccc3c3c4oc5ccccc5c4ccc32)cc1-n1c2ccccc2c2ccccc21. The fourth-order valence-corrected chi connectivity index (χ4v) is 8.52. The van der Waals surface area contributed by atoms with Crippen LogP contribution < -0.4 is 0 Å². The summed E-state index contributed by atoms with van der Waals surface area (Å²) in [4.78, 5) is 0. The number of fused-ring (bicyclic) bond motifs is 10. The molecule has 0 aliphatic heterocycles. The Balaban J connectivity index is 1.26. The fourth-order valence-electron chi connectivity index (χ4n) is 8.52. The van der Waals surface area contributed by atoms with Gasteiger partial charge < -0.3 is 13.6 Å². The van der Waals surface area contributed by atoms with E-state index in [1.807, 2.05) is 36.4 Å². The van der Waals surface area contributed by atoms with E-state index < -0.39 is 0 Å². The van der Waals surface area contributed by atoms with Gasteiger partial charge >= 0.3 is 0 Å². The number of hydrogen-bond donors (Lipinski definition) is 0. The second-order valence-electron chi connectivity index (χ2n) is 13.6. The van der Waals surface area contributed by atoms with Crippen molar-refractivity contribution in [3.8, 4) is 39.7 Å². The highest BCUT2D eigenvalue weighted by atomic mass is 16.3. The molecule has 0 saturated heterocycles. The molecular weight excluding hydrogens is 647 g/mol. The molecule has 8 aromatic carbocycles. The number of para-hydroxylation sites is 4. The minimum atomic E-state index is 0.651. The predicted molar refractivity (Wildman–Crippen MR) is 218 cm³/mol. The van der Waals surface area contributed by atoms with E-state index in [-0.39, 0.29) is 0 Å². The van der Waals surface area contributed by atoms with Crippen LogP contribution in [0.15, 0.2) is 180 Å². The van der Waals surface area contributed by atoms with Gasteiger partial charge in [-0.1, -0.05) is 127 Å². The lowest BCUT2D eigenvalue weighted by molar-refractivity contribution is 0.673. The van der Waals surface area contributed by atoms with Crippen LogP contribution in [0.3, 0.4) is 0 Å². The zero-order chi connectivity index (χ0) is 35.0. The van der Waals surface area contributed by atoms with E-state index in [1.54, 1.807) is 0 Å². The average molecular weight is 676 g/mol. The first-order valence-electron chi connectivity index (χ1n) is 17.8. The molecule has 0 unspecified atom stereocenters. The zero-order valence-electron chi connectivity index (χ0n) is 28.5. The van der Waals surface area contributed by atoms with E-state index in [9.17, 15) is 5.26 Å². The van der Waals surface area contributed by atoms with Crippen molar-refractivity contribution >= 4 is 65.6 Å². The molecule has 3 heterocycles. The van der Waals surface area contributed by atoms with Gasteiger partial charge in [0.1, 0.15) is 17.2 Å². The third-order valence-corrected chi connectivity index (χ3v) is 10.8. The molecule has 246 valence electrons. The molecule has 11 aromatic rings. The predicted octanol–water partition coefficient (Wildman–Crippen LogP) is 13.0. The van der Waals surface area contributed by atoms with Crippen molar-refractivity contribution in [1.29, 1.82) is 5.26 Å². The van der Waals surface area contributed by atoms with E-state index in [0.717, 1.165) is 88.4 Å². The zero-order valence-corrected chi connectivity index (χ0v) is 28.5. The molecule has 3 aromatic heterocycles. The van der Waals surface area contributed by atoms with Crippen molar-refractivity contribution in [3.05, 3.63) is 181 Å². The molecule has 0 radical (unpaired) electrons. The molecule has 0 atom stereocenters. The van der Waals surface area contributed by atoms with Gasteiger partial charge in [0.25, 0.3) is 0 Å². The lowest BCUT2D eigenvalue weighted by Crippen LogP contribution is -2.02. The molecule has 53 heavy (non-hydrogen) atoms. The number of furan rings is 1. The van der Waals surface area contributed by atoms with Crippen LogP contribution >= 0.6 is 0 Å². The minimum Gasteiger partial charge on any atom is -0.455 e. The molecule has 0 amide bonds. The number of aromatic nitrogens is 2. The second kappa shape index (κ2) is 11.3. The molecule has 0 saturated carbocycles. The Morgan fingerprint density at radius 1 is 0.434 bits per heavy atom. The van der Waals surface area contributed by atoms with E-state index in [1.165, 1.54) is 10.8 Å². The maximum Gasteiger partial charge on any atom is 0.145 e. The summed E-state index contributed by atoms with van der Waals surface area (Å²) in [5.41, 5.74) is 12.6. The van der Waals surface area contributed by atoms with Crippen LogP contribution in [0.2, 0.25) is 0 Å². The first-order chi connectivity index (χ1) is 26.3. The summed E-state index contributed by atoms with van der Waals surface area (Å²) in [7, 11) is 0. The highest BCUT2D eigenvalue weighted by molar-refractivity contribution is 6.24. The Morgan fingerprint density at radius 3 is 1.79 bits per heavy atom. The highest BCUT2D eigenvalue weighted by Gasteiger charge is 2.22. The first kappa shape index (κ1) is 29.4. The molecule has 0 aliphatic rings. The smallest absolute Gasteiger partial charge is 0.145 e. The Kier molecular flexibility index (Phi) is 6.28. The van der Waals surface area contributed by atoms with Crippen molar-refractivity contribution in [1.82, 2.24) is 9.13 Å². The monoisotopic (exact) mass is 675 g/mol. The molecule has 0 fully saturated rings. The summed E-state index contributed by atoms with van der Waals surface area (Å²) >= 11 is 0. The van der Waals surface area contributed by atoms with Crippen LogP contribution in [0.25, 0.3) is 99.2 Å². The standard InChI is InChI=1S/C49H29N3O/c50-30-41-33(31-13-2-1-3-14-31)19-12-20-34(41)37-26-25-32(29-46(37)52-42-21-8-4-15-35(42)36-16-5-9-22-43(36)52)51-44-23-10-6-18-40(44)48-45(51)28-27-39-38-17-7-11-24-47(38)53-49(39)48/h1-29H. The summed E-state index contributed by atoms with van der Waals surface area (Å²) < 4.78 is 11.3. The summed E-state index contributed by atoms with van der Waals surface area (Å²) in [6, 6.07) is 64.1. The van der Waals surface area contributed by atoms with Crippen molar-refractivity contribution in [3.63, 3.8) is 0 Å². The lowest BCUT2D eigenvalue weighted by atomic mass is 9.91. The number of rotatable bonds is 4. The van der Waals surface area contributed by atoms with Crippen LogP contribution in [0, 0.1) is 11.3 Å². The molecule has 4 nitrogen and oxygen atoms in total. The number of nitrogens with zero attached hydrogens (tertiary/aromatic N) is 3. The Hall–Kier alpha value is -7.35. The van der Waals surface area contributed by atoms with Gasteiger partial charge in [0.05, 0.1) is 38.7 Å². The van der Waals surface area contributed by atoms with Gasteiger partial charge in [-0.3, -0.25) is 0 Å². The number of nitriles is 1. The fraction of sp³-hybridized carbons (Fsp3) is 0. The first-order valence-corrected chi connectivity index (χ1v) is 17.8. The molecule has 0 N–H and O–H groups in total. The summed E-state index contributed by atoms with van der Waals surface area (Å²) in [6.45, 7) is 0. The molecule has 0 aliphatic carbocycles. The van der Waals surface area contributed by atoms with Crippen molar-refractivity contribution < 1.29 is 4.42 Å². The summed E-state index contributed by atoms with van der Waals surface area (Å²) in [5.74, 6) is 0. The Morgan fingerprint density at radius 2 is 1.06 bits per heavy atom. The number of benzene rings is 8. The van der Waals surface area contributed by atoms with Gasteiger partial charge in [-0.05, 0) is 54.1 Å². The van der Waals surface area contributed by atoms with Crippen molar-refractivity contribution in [2.24, 2.45) is 0 Å². The van der Waals surface area contributed by atoms with Crippen molar-refractivity contribution in [2.75, 3.05) is 0 Å². The summed E-state index contributed by atoms with van der Waals surface area (Å²) in [5, 5.41) is 17.6. The molecule has 4 heteroatoms. The summed E-state index contributed by atoms with van der Waals surface area (Å²) in [6.07, 6.45) is 0. The van der Waals surface area contributed by atoms with Crippen LogP contribution in [-0.2, 0) is 0 Å². The van der Waals surface area contributed by atoms with Crippen LogP contribution in [0.4, 0.5) is 0 Å². The van der Waals surface area contributed by atoms with E-state index in [4.69, 9.17) is 4.42 Å². The van der Waals surface area contributed by atoms with Crippen LogP contribution in [-0.4, -0.2) is 9.13 Å². The van der Waals surface area contributed by atoms with Gasteiger partial charge in [0.2, 0.25) is 0 Å². The van der Waals surface area contributed by atoms with E-state index in [2.05, 4.69) is 155 Å². The topological polar surface area (TPSA) is 46.8 Å². The Labute approximate surface area is 304 Å². The number of hydrogen-bond acceptors (Lipinski definition) is 2. The average Bonchev–Trinajstić information content (AvgIpc) is 3.88. The van der Waals surface area contributed by atoms with Gasteiger partial charge in [-0.15, -0.1) is 0 Å². The van der Waals surface area contributed by atoms with Crippen LogP contribution in [0.1, 0.15) is 5.56 Å². The van der Waals surface area contributed by atoms with E-state index in [0.29, 0.717) is 5.56 Å². The van der Waals surface area contributed by atoms with Gasteiger partial charge in [-0.25, -0.2) is 0 Å². The molecule has 0 spiro atoms. The maximum atomic E-state index is 10.8.